The van der Waals surface area contributed by atoms with Crippen molar-refractivity contribution in [3.05, 3.63) is 34.9 Å². The van der Waals surface area contributed by atoms with Gasteiger partial charge in [0.2, 0.25) is 0 Å². The van der Waals surface area contributed by atoms with Crippen molar-refractivity contribution in [1.82, 2.24) is 5.32 Å². The van der Waals surface area contributed by atoms with Gasteiger partial charge in [-0.2, -0.15) is 0 Å². The molecule has 0 aliphatic rings. The van der Waals surface area contributed by atoms with E-state index in [0.717, 1.165) is 17.9 Å². The van der Waals surface area contributed by atoms with E-state index in [9.17, 15) is 5.11 Å². The first kappa shape index (κ1) is 16.5. The monoisotopic (exact) mass is 283 g/mol. The molecule has 2 unspecified atom stereocenters. The second-order valence-electron chi connectivity index (χ2n) is 5.99. The van der Waals surface area contributed by atoms with Gasteiger partial charge in [0.1, 0.15) is 0 Å². The fourth-order valence-electron chi connectivity index (χ4n) is 2.52. The van der Waals surface area contributed by atoms with Crippen LogP contribution in [0.15, 0.2) is 24.3 Å². The van der Waals surface area contributed by atoms with Gasteiger partial charge in [0.15, 0.2) is 0 Å². The van der Waals surface area contributed by atoms with Crippen LogP contribution >= 0.6 is 11.6 Å². The fourth-order valence-corrected chi connectivity index (χ4v) is 2.71. The van der Waals surface area contributed by atoms with Crippen molar-refractivity contribution in [3.8, 4) is 0 Å². The van der Waals surface area contributed by atoms with Gasteiger partial charge in [0.25, 0.3) is 0 Å². The molecular formula is C16H26ClNO. The molecule has 0 amide bonds. The minimum atomic E-state index is -0.667. The Bertz CT molecular complexity index is 390. The maximum absolute atomic E-state index is 10.3. The van der Waals surface area contributed by atoms with Gasteiger partial charge in [-0.1, -0.05) is 44.5 Å². The highest BCUT2D eigenvalue weighted by atomic mass is 35.5. The summed E-state index contributed by atoms with van der Waals surface area (Å²) in [4.78, 5) is 0. The first-order chi connectivity index (χ1) is 8.84. The van der Waals surface area contributed by atoms with Crippen molar-refractivity contribution in [2.24, 2.45) is 5.92 Å². The Morgan fingerprint density at radius 3 is 2.58 bits per heavy atom. The molecule has 0 heterocycles. The quantitative estimate of drug-likeness (QED) is 0.787. The highest BCUT2D eigenvalue weighted by Gasteiger charge is 2.23. The van der Waals surface area contributed by atoms with E-state index in [0.29, 0.717) is 12.5 Å². The van der Waals surface area contributed by atoms with Crippen LogP contribution in [-0.2, 0) is 0 Å². The molecule has 19 heavy (non-hydrogen) atoms. The van der Waals surface area contributed by atoms with E-state index < -0.39 is 5.60 Å². The lowest BCUT2D eigenvalue weighted by Gasteiger charge is -2.28. The molecule has 0 aliphatic heterocycles. The molecule has 1 aromatic carbocycles. The number of rotatable bonds is 7. The number of nitrogens with one attached hydrogen (secondary N) is 1. The molecule has 2 atom stereocenters. The predicted molar refractivity (Wildman–Crippen MR) is 82.6 cm³/mol. The summed E-state index contributed by atoms with van der Waals surface area (Å²) in [5.74, 6) is 0.489. The van der Waals surface area contributed by atoms with Crippen molar-refractivity contribution in [3.63, 3.8) is 0 Å². The summed E-state index contributed by atoms with van der Waals surface area (Å²) < 4.78 is 0. The minimum Gasteiger partial charge on any atom is -0.389 e. The Morgan fingerprint density at radius 1 is 1.37 bits per heavy atom. The molecule has 0 fully saturated rings. The molecule has 0 saturated heterocycles. The van der Waals surface area contributed by atoms with Crippen LogP contribution in [0.2, 0.25) is 5.02 Å². The molecule has 108 valence electrons. The molecule has 1 rings (SSSR count). The van der Waals surface area contributed by atoms with E-state index in [1.807, 2.05) is 25.1 Å². The van der Waals surface area contributed by atoms with E-state index in [4.69, 9.17) is 11.6 Å². The smallest absolute Gasteiger partial charge is 0.0746 e. The number of hydrogen-bond acceptors (Lipinski definition) is 2. The zero-order valence-corrected chi connectivity index (χ0v) is 13.2. The first-order valence-corrected chi connectivity index (χ1v) is 7.43. The first-order valence-electron chi connectivity index (χ1n) is 7.05. The van der Waals surface area contributed by atoms with Gasteiger partial charge in [-0.15, -0.1) is 0 Å². The normalized spacial score (nSPS) is 16.4. The fraction of sp³-hybridized carbons (Fsp3) is 0.625. The van der Waals surface area contributed by atoms with Gasteiger partial charge in [0, 0.05) is 17.6 Å². The van der Waals surface area contributed by atoms with Crippen LogP contribution in [0, 0.1) is 5.92 Å². The lowest BCUT2D eigenvalue weighted by molar-refractivity contribution is 0.0357. The van der Waals surface area contributed by atoms with Crippen LogP contribution in [-0.4, -0.2) is 17.3 Å². The topological polar surface area (TPSA) is 32.3 Å². The number of hydrogen-bond donors (Lipinski definition) is 2. The molecule has 0 aromatic heterocycles. The molecule has 0 aliphatic carbocycles. The lowest BCUT2D eigenvalue weighted by Crippen LogP contribution is -2.40. The molecule has 0 spiro atoms. The van der Waals surface area contributed by atoms with Crippen LogP contribution in [0.3, 0.4) is 0 Å². The second-order valence-corrected chi connectivity index (χ2v) is 6.43. The van der Waals surface area contributed by atoms with Gasteiger partial charge >= 0.3 is 0 Å². The Labute approximate surface area is 122 Å². The summed E-state index contributed by atoms with van der Waals surface area (Å²) >= 11 is 6.03. The lowest BCUT2D eigenvalue weighted by atomic mass is 9.93. The zero-order chi connectivity index (χ0) is 14.5. The van der Waals surface area contributed by atoms with Crippen molar-refractivity contribution in [2.75, 3.05) is 6.54 Å². The highest BCUT2D eigenvalue weighted by Crippen LogP contribution is 2.22. The average molecular weight is 284 g/mol. The Hall–Kier alpha value is -0.570. The molecule has 3 heteroatoms. The standard InChI is InChI=1S/C16H26ClNO/c1-5-15(13-7-6-8-14(17)9-13)18-11-16(4,19)10-12(2)3/h6-9,12,15,18-19H,5,10-11H2,1-4H3. The third-order valence-electron chi connectivity index (χ3n) is 3.24. The summed E-state index contributed by atoms with van der Waals surface area (Å²) in [6.07, 6.45) is 1.77. The number of halogens is 1. The van der Waals surface area contributed by atoms with Gasteiger partial charge in [-0.05, 0) is 43.4 Å². The molecule has 2 nitrogen and oxygen atoms in total. The SMILES string of the molecule is CCC(NCC(C)(O)CC(C)C)c1cccc(Cl)c1. The zero-order valence-electron chi connectivity index (χ0n) is 12.4. The van der Waals surface area contributed by atoms with E-state index in [1.165, 1.54) is 5.56 Å². The summed E-state index contributed by atoms with van der Waals surface area (Å²) in [6.45, 7) is 8.88. The second kappa shape index (κ2) is 7.28. The summed E-state index contributed by atoms with van der Waals surface area (Å²) in [6, 6.07) is 8.14. The molecule has 1 aromatic rings. The average Bonchev–Trinajstić information content (AvgIpc) is 2.28. The minimum absolute atomic E-state index is 0.234. The molecular weight excluding hydrogens is 258 g/mol. The van der Waals surface area contributed by atoms with Crippen molar-refractivity contribution < 1.29 is 5.11 Å². The summed E-state index contributed by atoms with van der Waals surface area (Å²) in [7, 11) is 0. The van der Waals surface area contributed by atoms with E-state index in [2.05, 4.69) is 32.2 Å². The Kier molecular flexibility index (Phi) is 6.31. The van der Waals surface area contributed by atoms with Crippen LogP contribution < -0.4 is 5.32 Å². The molecule has 0 saturated carbocycles. The van der Waals surface area contributed by atoms with E-state index in [-0.39, 0.29) is 6.04 Å². The van der Waals surface area contributed by atoms with Crippen LogP contribution in [0.4, 0.5) is 0 Å². The van der Waals surface area contributed by atoms with Gasteiger partial charge in [-0.3, -0.25) is 0 Å². The number of aliphatic hydroxyl groups is 1. The van der Waals surface area contributed by atoms with E-state index in [1.54, 1.807) is 0 Å². The largest absolute Gasteiger partial charge is 0.389 e. The summed E-state index contributed by atoms with van der Waals surface area (Å²) in [5, 5.41) is 14.5. The third kappa shape index (κ3) is 5.94. The summed E-state index contributed by atoms with van der Waals surface area (Å²) in [5.41, 5.74) is 0.510. The molecule has 2 N–H and O–H groups in total. The van der Waals surface area contributed by atoms with E-state index >= 15 is 0 Å². The maximum atomic E-state index is 10.3. The Balaban J connectivity index is 2.63. The van der Waals surface area contributed by atoms with Crippen molar-refractivity contribution in [1.29, 1.82) is 0 Å². The van der Waals surface area contributed by atoms with Crippen molar-refractivity contribution in [2.45, 2.75) is 52.2 Å². The van der Waals surface area contributed by atoms with Crippen LogP contribution in [0.5, 0.6) is 0 Å². The van der Waals surface area contributed by atoms with Gasteiger partial charge in [-0.25, -0.2) is 0 Å². The molecule has 0 bridgehead atoms. The van der Waals surface area contributed by atoms with Gasteiger partial charge < -0.3 is 10.4 Å². The third-order valence-corrected chi connectivity index (χ3v) is 3.47. The molecule has 0 radical (unpaired) electrons. The van der Waals surface area contributed by atoms with Gasteiger partial charge in [0.05, 0.1) is 5.60 Å². The maximum Gasteiger partial charge on any atom is 0.0746 e. The number of benzene rings is 1. The highest BCUT2D eigenvalue weighted by molar-refractivity contribution is 6.30. The van der Waals surface area contributed by atoms with Crippen molar-refractivity contribution >= 4 is 11.6 Å². The van der Waals surface area contributed by atoms with Crippen LogP contribution in [0.1, 0.15) is 52.1 Å². The predicted octanol–water partition coefficient (Wildman–Crippen LogP) is 4.18. The van der Waals surface area contributed by atoms with Crippen LogP contribution in [0.25, 0.3) is 0 Å². The Morgan fingerprint density at radius 2 is 2.05 bits per heavy atom.